The lowest BCUT2D eigenvalue weighted by Crippen LogP contribution is -2.33. The Morgan fingerprint density at radius 3 is 0.890 bits per heavy atom. The molecular formula is C72H99N24O36P7S7. The zero-order valence-electron chi connectivity index (χ0n) is 77.2. The normalized spacial score (nSPS) is 29.4. The van der Waals surface area contributed by atoms with Gasteiger partial charge in [-0.25, -0.2) is 38.5 Å². The zero-order valence-corrected chi connectivity index (χ0v) is 89.2. The van der Waals surface area contributed by atoms with Gasteiger partial charge in [-0.1, -0.05) is 19.2 Å². The summed E-state index contributed by atoms with van der Waals surface area (Å²) in [4.78, 5) is 216. The third-order valence-corrected chi connectivity index (χ3v) is 35.4. The molecule has 16 heterocycles. The number of nitrogens with zero attached hydrogens (tertiary/aromatic N) is 15. The number of aromatic nitrogens is 18. The van der Waals surface area contributed by atoms with Gasteiger partial charge in [0.2, 0.25) is 11.9 Å². The molecule has 28 atom stereocenters. The van der Waals surface area contributed by atoms with Gasteiger partial charge in [0.1, 0.15) is 110 Å². The second kappa shape index (κ2) is 44.7. The van der Waals surface area contributed by atoms with E-state index in [1.165, 1.54) is 73.5 Å². The van der Waals surface area contributed by atoms with E-state index in [0.717, 1.165) is 29.9 Å². The molecule has 74 heteroatoms. The van der Waals surface area contributed by atoms with Gasteiger partial charge < -0.3 is 151 Å². The van der Waals surface area contributed by atoms with E-state index in [0.29, 0.717) is 28.7 Å². The maximum atomic E-state index is 14.9. The largest absolute Gasteiger partial charge is 0.386 e. The highest BCUT2D eigenvalue weighted by atomic mass is 32.7. The molecule has 9 aromatic rings. The number of nitrogens with one attached hydrogen (secondary N) is 3. The average Bonchev–Trinajstić information content (AvgIpc) is 1.62. The Hall–Kier alpha value is -6.90. The lowest BCUT2D eigenvalue weighted by molar-refractivity contribution is -0.0577. The molecule has 9 aromatic heterocycles. The molecule has 60 nitrogen and oxygen atoms in total. The molecule has 0 radical (unpaired) electrons. The third kappa shape index (κ3) is 26.2. The molecule has 146 heavy (non-hydrogen) atoms. The van der Waals surface area contributed by atoms with Crippen LogP contribution in [0, 0.1) is 34.6 Å². The van der Waals surface area contributed by atoms with Gasteiger partial charge in [0.05, 0.1) is 95.0 Å². The fourth-order valence-electron chi connectivity index (χ4n) is 16.8. The molecule has 21 N–H and O–H groups in total. The molecule has 7 saturated heterocycles. The lowest BCUT2D eigenvalue weighted by atomic mass is 10.1. The van der Waals surface area contributed by atoms with Gasteiger partial charge in [0, 0.05) is 111 Å². The second-order valence-corrected chi connectivity index (χ2v) is 54.0. The first kappa shape index (κ1) is 112. The highest BCUT2D eigenvalue weighted by Gasteiger charge is 2.52. The van der Waals surface area contributed by atoms with Crippen molar-refractivity contribution in [1.29, 1.82) is 0 Å². The van der Waals surface area contributed by atoms with E-state index in [-0.39, 0.29) is 102 Å². The van der Waals surface area contributed by atoms with E-state index >= 15 is 0 Å². The summed E-state index contributed by atoms with van der Waals surface area (Å²) in [7, 11) is 1.11. The Morgan fingerprint density at radius 1 is 0.356 bits per heavy atom. The number of fused-ring (bicyclic) bond motifs is 2. The second-order valence-electron chi connectivity index (χ2n) is 34.2. The van der Waals surface area contributed by atoms with Crippen molar-refractivity contribution >= 4 is 188 Å². The molecule has 7 aliphatic rings. The number of H-pyrrole nitrogens is 3. The van der Waals surface area contributed by atoms with Crippen LogP contribution in [0.3, 0.4) is 0 Å². The van der Waals surface area contributed by atoms with Gasteiger partial charge in [0.15, 0.2) is 22.3 Å². The van der Waals surface area contributed by atoms with Gasteiger partial charge in [-0.15, -0.1) is 0 Å². The number of aryl methyl sites for hydroxylation is 5. The SMILES string of the molecule is CC[C@H]1O[C@@H](n2cnc3c(=O)[nH]c(N)nc32)C[C@H]1OP(O)(=S)OC[C@H]1O[C@@H](n2cc(C)c(N)nc2=O)C[C@H]1OP(=O)(S)OC[C@H]1O[C@@H](n2cc(C)c(N)nc2=O)C[C@H]1OP(O)(=S)OC[C@H]1O[C@@H](n2cc(C)c(N)nc2=O)C[C@H]1OP(O)(=S)OC[C@H]1O[C@@H](n2cc(C)c(N)nc2=O)C[C@H]1OP(O)(=S)OC[C@H]1O[C@@H](n2cc(C)c(=O)[nH]c2=O)C[C@H]1OP(O)(=S)OC[C@H]1O[C@@H](n2cnc3c(=O)[nH]c(N)nc32)C[C@H]1OP(O)(=S)OC. The summed E-state index contributed by atoms with van der Waals surface area (Å²) in [5.74, 6) is -0.919. The number of imidazole rings is 2. The van der Waals surface area contributed by atoms with Crippen LogP contribution in [0.15, 0.2) is 82.0 Å². The fraction of sp³-hybridized carbons (Fsp3) is 0.583. The lowest BCUT2D eigenvalue weighted by Gasteiger charge is -2.28. The molecule has 0 bridgehead atoms. The molecule has 0 saturated carbocycles. The first-order valence-electron chi connectivity index (χ1n) is 43.8. The summed E-state index contributed by atoms with van der Waals surface area (Å²) >= 11 is 37.6. The summed E-state index contributed by atoms with van der Waals surface area (Å²) in [6.07, 6.45) is -19.9. The predicted octanol–water partition coefficient (Wildman–Crippen LogP) is 1.07. The Kier molecular flexibility index (Phi) is 34.2. The summed E-state index contributed by atoms with van der Waals surface area (Å²) in [5.41, 5.74) is 30.5. The topological polar surface area (TPSA) is 810 Å². The van der Waals surface area contributed by atoms with Crippen LogP contribution < -0.4 is 79.5 Å². The van der Waals surface area contributed by atoms with E-state index < -0.39 is 267 Å². The van der Waals surface area contributed by atoms with Crippen LogP contribution in [0.25, 0.3) is 22.3 Å². The van der Waals surface area contributed by atoms with E-state index in [9.17, 15) is 72.3 Å². The summed E-state index contributed by atoms with van der Waals surface area (Å²) in [6.45, 7) is -27.1. The van der Waals surface area contributed by atoms with Gasteiger partial charge in [-0.2, -0.15) is 29.9 Å². The number of thiol groups is 1. The zero-order chi connectivity index (χ0) is 105. The standard InChI is InChI=1S/C72H99N24O36P7S7/c1-8-34-35(9-53(119-34)95-27-79-55-61(95)85-66(77)87-64(55)98)127-134(106,141)113-22-43-37(10-48(120-43)90-16-29(2)57(73)81-68(90)100)128-136(108,143)115-23-44-38(11-49(121-44)91-17-30(3)58(74)82-69(91)101)129-137(109,144)116-24-45-39(12-50(122-45)92-18-31(4)59(75)83-70(92)102)130-138(110,145)117-25-46-40(13-51(123-46)93-19-32(5)60(76)84-71(93)103)131-139(111,146)118-26-47-41(14-52(124-47)94-20-33(6)63(97)89-72(94)104)132-135(107,142)114-21-42-36(126-133(105,140)112-7)15-54(125-42)96-28-80-56-62(96)86-67(78)88-65(56)99/h16-20,27-28,34-54H,8-15,21-26H2,1-7H3,(H,105,140)(H,106,141)(H,107,142)(H,108,143)(H,109,144)(H,110,145)(H,111,146)(H2,73,81,100)(H2,74,82,101)(H2,75,83,102)(H2,76,84,103)(H,89,97,104)(H3,77,85,87,98)(H3,78,86,88,99)/t34-,35-,36-,37-,38-,39-,40-,41-,42-,43-,44-,45-,46-,47-,48-,49-,50-,51-,52-,53-,54-,133?,134?,135?,136?,137?,138?,139?/m1/s1. The number of hydrogen-bond donors (Lipinski definition) is 16. The first-order valence-corrected chi connectivity index (χ1v) is 62.1. The minimum absolute atomic E-state index is 0.00371. The van der Waals surface area contributed by atoms with Gasteiger partial charge in [-0.3, -0.25) is 70.4 Å². The van der Waals surface area contributed by atoms with Crippen LogP contribution in [0.2, 0.25) is 0 Å². The van der Waals surface area contributed by atoms with Crippen molar-refractivity contribution in [2.75, 3.05) is 81.2 Å². The number of nitrogen functional groups attached to an aromatic ring is 6. The Labute approximate surface area is 857 Å². The van der Waals surface area contributed by atoms with E-state index in [4.69, 9.17) is 202 Å². The molecule has 800 valence electrons. The minimum atomic E-state index is -4.79. The first-order chi connectivity index (χ1) is 68.5. The van der Waals surface area contributed by atoms with Crippen LogP contribution in [0.4, 0.5) is 35.2 Å². The fourth-order valence-corrected chi connectivity index (χ4v) is 26.7. The maximum absolute atomic E-state index is 14.9. The molecule has 0 spiro atoms. The van der Waals surface area contributed by atoms with Crippen LogP contribution in [-0.2, 0) is 172 Å². The Morgan fingerprint density at radius 2 is 0.603 bits per heavy atom. The van der Waals surface area contributed by atoms with Gasteiger partial charge in [-0.05, 0) is 112 Å². The minimum Gasteiger partial charge on any atom is -0.383 e. The van der Waals surface area contributed by atoms with Crippen molar-refractivity contribution in [3.8, 4) is 0 Å². The van der Waals surface area contributed by atoms with Crippen molar-refractivity contribution in [2.45, 2.75) is 222 Å². The number of nitrogens with two attached hydrogens (primary N) is 6. The number of anilines is 6. The van der Waals surface area contributed by atoms with Crippen LogP contribution in [0.5, 0.6) is 0 Å². The molecule has 7 aliphatic heterocycles. The average molecular weight is 2320 g/mol. The van der Waals surface area contributed by atoms with Gasteiger partial charge >= 0.3 is 75.6 Å². The maximum Gasteiger partial charge on any atom is 0.386 e. The molecule has 7 unspecified atom stereocenters. The molecule has 16 rings (SSSR count). The van der Waals surface area contributed by atoms with Crippen LogP contribution in [0.1, 0.15) is 130 Å². The molecule has 0 aromatic carbocycles. The number of hydrogen-bond acceptors (Lipinski definition) is 50. The molecule has 7 fully saturated rings. The van der Waals surface area contributed by atoms with Crippen LogP contribution >= 0.6 is 59.4 Å². The van der Waals surface area contributed by atoms with Crippen molar-refractivity contribution in [3.05, 3.63) is 155 Å². The number of ether oxygens (including phenoxy) is 7. The summed E-state index contributed by atoms with van der Waals surface area (Å²) in [5, 5.41) is 0. The van der Waals surface area contributed by atoms with E-state index in [2.05, 4.69) is 67.1 Å². The van der Waals surface area contributed by atoms with E-state index in [1.54, 1.807) is 20.8 Å². The quantitative estimate of drug-likeness (QED) is 0.0188. The summed E-state index contributed by atoms with van der Waals surface area (Å²) in [6, 6.07) is 0. The smallest absolute Gasteiger partial charge is 0.383 e. The van der Waals surface area contributed by atoms with E-state index in [1.807, 2.05) is 0 Å². The number of aromatic amines is 3. The van der Waals surface area contributed by atoms with Gasteiger partial charge in [0.25, 0.3) is 16.7 Å². The van der Waals surface area contributed by atoms with Crippen molar-refractivity contribution in [2.24, 2.45) is 0 Å². The third-order valence-electron chi connectivity index (χ3n) is 24.1. The Bertz CT molecular complexity index is 7380. The van der Waals surface area contributed by atoms with Crippen molar-refractivity contribution < 1.29 is 130 Å². The summed E-state index contributed by atoms with van der Waals surface area (Å²) < 4.78 is 151. The highest BCUT2D eigenvalue weighted by molar-refractivity contribution is 8.44. The molecular weight excluding hydrogens is 2220 g/mol. The van der Waals surface area contributed by atoms with Crippen molar-refractivity contribution in [1.82, 2.24) is 86.8 Å². The predicted molar refractivity (Wildman–Crippen MR) is 534 cm³/mol. The van der Waals surface area contributed by atoms with Crippen molar-refractivity contribution in [3.63, 3.8) is 0 Å². The number of rotatable bonds is 41. The Balaban J connectivity index is 0.601. The van der Waals surface area contributed by atoms with Crippen LogP contribution in [-0.4, -0.2) is 248 Å². The monoisotopic (exact) mass is 2320 g/mol. The highest BCUT2D eigenvalue weighted by Crippen LogP contribution is 2.61. The molecule has 0 aliphatic carbocycles. The molecule has 0 amide bonds.